The number of nitrogens with zero attached hydrogens (tertiary/aromatic N) is 2. The number of likely N-dealkylation sites (tertiary alicyclic amines) is 1. The summed E-state index contributed by atoms with van der Waals surface area (Å²) in [4.78, 5) is 28.5. The van der Waals surface area contributed by atoms with E-state index in [0.29, 0.717) is 24.4 Å². The van der Waals surface area contributed by atoms with Crippen LogP contribution < -0.4 is 0 Å². The number of hydrogen-bond donors (Lipinski definition) is 1. The van der Waals surface area contributed by atoms with Crippen LogP contribution in [-0.4, -0.2) is 53.8 Å². The maximum atomic E-state index is 12.6. The molecule has 25 heavy (non-hydrogen) atoms. The molecule has 1 aliphatic rings. The van der Waals surface area contributed by atoms with E-state index in [1.54, 1.807) is 36.4 Å². The Balaban J connectivity index is 2.09. The number of Topliss-reactive ketones (excluding diaryl/α,β-unsaturated/α-hetero) is 1. The lowest BCUT2D eigenvalue weighted by atomic mass is 9.99. The number of benzene rings is 1. The van der Waals surface area contributed by atoms with Crippen molar-refractivity contribution in [1.29, 1.82) is 0 Å². The molecule has 1 aliphatic heterocycles. The fourth-order valence-electron chi connectivity index (χ4n) is 2.91. The van der Waals surface area contributed by atoms with Gasteiger partial charge in [0, 0.05) is 18.7 Å². The van der Waals surface area contributed by atoms with E-state index in [4.69, 9.17) is 4.42 Å². The molecule has 0 bridgehead atoms. The summed E-state index contributed by atoms with van der Waals surface area (Å²) in [6.07, 6.45) is 1.49. The molecule has 1 N–H and O–H groups in total. The summed E-state index contributed by atoms with van der Waals surface area (Å²) in [7, 11) is 3.78. The van der Waals surface area contributed by atoms with E-state index in [-0.39, 0.29) is 11.3 Å². The van der Waals surface area contributed by atoms with E-state index in [9.17, 15) is 14.7 Å². The average Bonchev–Trinajstić information content (AvgIpc) is 3.21. The maximum Gasteiger partial charge on any atom is 0.295 e. The molecule has 0 radical (unpaired) electrons. The van der Waals surface area contributed by atoms with Gasteiger partial charge in [-0.25, -0.2) is 0 Å². The molecule has 6 heteroatoms. The van der Waals surface area contributed by atoms with Crippen molar-refractivity contribution >= 4 is 17.4 Å². The van der Waals surface area contributed by atoms with Crippen LogP contribution in [-0.2, 0) is 9.59 Å². The van der Waals surface area contributed by atoms with Crippen molar-refractivity contribution in [3.05, 3.63) is 65.6 Å². The highest BCUT2D eigenvalue weighted by atomic mass is 16.3. The van der Waals surface area contributed by atoms with Gasteiger partial charge >= 0.3 is 0 Å². The maximum absolute atomic E-state index is 12.6. The summed E-state index contributed by atoms with van der Waals surface area (Å²) >= 11 is 0. The zero-order chi connectivity index (χ0) is 18.0. The number of aliphatic hydroxyl groups excluding tert-OH is 1. The topological polar surface area (TPSA) is 74.0 Å². The van der Waals surface area contributed by atoms with Gasteiger partial charge in [0.2, 0.25) is 0 Å². The lowest BCUT2D eigenvalue weighted by Gasteiger charge is -2.24. The fraction of sp³-hybridized carbons (Fsp3) is 0.263. The van der Waals surface area contributed by atoms with Gasteiger partial charge in [0.05, 0.1) is 11.8 Å². The van der Waals surface area contributed by atoms with E-state index in [1.165, 1.54) is 11.2 Å². The van der Waals surface area contributed by atoms with Crippen molar-refractivity contribution in [2.45, 2.75) is 6.04 Å². The van der Waals surface area contributed by atoms with Gasteiger partial charge in [0.25, 0.3) is 11.7 Å². The molecule has 1 atom stereocenters. The molecule has 0 aliphatic carbocycles. The number of likely N-dealkylation sites (N-methyl/N-ethyl adjacent to an activating group) is 1. The Kier molecular flexibility index (Phi) is 4.72. The second-order valence-electron chi connectivity index (χ2n) is 6.18. The van der Waals surface area contributed by atoms with Crippen LogP contribution in [0.5, 0.6) is 0 Å². The van der Waals surface area contributed by atoms with Crippen molar-refractivity contribution < 1.29 is 19.1 Å². The predicted molar refractivity (Wildman–Crippen MR) is 92.7 cm³/mol. The average molecular weight is 340 g/mol. The summed E-state index contributed by atoms with van der Waals surface area (Å²) in [6, 6.07) is 11.4. The Morgan fingerprint density at radius 1 is 1.16 bits per heavy atom. The smallest absolute Gasteiger partial charge is 0.295 e. The van der Waals surface area contributed by atoms with Crippen molar-refractivity contribution in [3.8, 4) is 0 Å². The number of ketones is 1. The molecule has 1 aromatic carbocycles. The third-order valence-electron chi connectivity index (χ3n) is 4.19. The molecule has 2 heterocycles. The van der Waals surface area contributed by atoms with Gasteiger partial charge < -0.3 is 19.3 Å². The molecule has 2 aromatic rings. The number of furan rings is 1. The van der Waals surface area contributed by atoms with Crippen LogP contribution >= 0.6 is 0 Å². The van der Waals surface area contributed by atoms with Crippen molar-refractivity contribution in [2.75, 3.05) is 27.2 Å². The third kappa shape index (κ3) is 3.21. The zero-order valence-electron chi connectivity index (χ0n) is 14.2. The molecule has 1 fully saturated rings. The molecule has 3 rings (SSSR count). The lowest BCUT2D eigenvalue weighted by Crippen LogP contribution is -2.35. The van der Waals surface area contributed by atoms with Crippen LogP contribution in [0.3, 0.4) is 0 Å². The predicted octanol–water partition coefficient (Wildman–Crippen LogP) is 2.26. The van der Waals surface area contributed by atoms with Crippen LogP contribution in [0, 0.1) is 0 Å². The first-order valence-corrected chi connectivity index (χ1v) is 8.02. The first-order chi connectivity index (χ1) is 12.0. The van der Waals surface area contributed by atoms with E-state index in [2.05, 4.69) is 0 Å². The van der Waals surface area contributed by atoms with Crippen molar-refractivity contribution in [1.82, 2.24) is 9.80 Å². The first-order valence-electron chi connectivity index (χ1n) is 8.02. The molecule has 130 valence electrons. The highest BCUT2D eigenvalue weighted by Crippen LogP contribution is 2.39. The Morgan fingerprint density at radius 2 is 1.88 bits per heavy atom. The molecule has 1 amide bonds. The number of hydrogen-bond acceptors (Lipinski definition) is 5. The minimum absolute atomic E-state index is 0.0601. The second kappa shape index (κ2) is 6.94. The van der Waals surface area contributed by atoms with Gasteiger partial charge in [-0.1, -0.05) is 30.3 Å². The van der Waals surface area contributed by atoms with E-state index in [1.807, 2.05) is 25.1 Å². The quantitative estimate of drug-likeness (QED) is 0.513. The molecule has 1 unspecified atom stereocenters. The van der Waals surface area contributed by atoms with Crippen LogP contribution in [0.4, 0.5) is 0 Å². The van der Waals surface area contributed by atoms with Crippen molar-refractivity contribution in [2.24, 2.45) is 0 Å². The summed E-state index contributed by atoms with van der Waals surface area (Å²) in [6.45, 7) is 0.949. The number of amides is 1. The second-order valence-corrected chi connectivity index (χ2v) is 6.18. The number of carbonyl (C=O) groups excluding carboxylic acids is 2. The SMILES string of the molecule is CN(C)CCN1C(=O)C(=O)/C(=C(/O)c2ccccc2)C1c1ccco1. The van der Waals surface area contributed by atoms with Crippen LogP contribution in [0.1, 0.15) is 17.4 Å². The van der Waals surface area contributed by atoms with Gasteiger partial charge in [0.15, 0.2) is 0 Å². The first kappa shape index (κ1) is 17.0. The number of aliphatic hydroxyl groups is 1. The molecule has 6 nitrogen and oxygen atoms in total. The molecule has 1 aromatic heterocycles. The lowest BCUT2D eigenvalue weighted by molar-refractivity contribution is -0.140. The molecular weight excluding hydrogens is 320 g/mol. The third-order valence-corrected chi connectivity index (χ3v) is 4.19. The highest BCUT2D eigenvalue weighted by Gasteiger charge is 2.47. The highest BCUT2D eigenvalue weighted by molar-refractivity contribution is 6.46. The monoisotopic (exact) mass is 340 g/mol. The zero-order valence-corrected chi connectivity index (χ0v) is 14.2. The standard InChI is InChI=1S/C19H20N2O4/c1-20(2)10-11-21-16(14-9-6-12-25-14)15(18(23)19(21)24)17(22)13-7-4-3-5-8-13/h3-9,12,16,22H,10-11H2,1-2H3/b17-15+. The summed E-state index contributed by atoms with van der Waals surface area (Å²) in [5.74, 6) is -1.05. The van der Waals surface area contributed by atoms with Gasteiger partial charge in [-0.3, -0.25) is 9.59 Å². The van der Waals surface area contributed by atoms with E-state index < -0.39 is 17.7 Å². The van der Waals surface area contributed by atoms with E-state index >= 15 is 0 Å². The Bertz CT molecular complexity index is 794. The van der Waals surface area contributed by atoms with Gasteiger partial charge in [0.1, 0.15) is 17.6 Å². The Labute approximate surface area is 146 Å². The molecule has 0 spiro atoms. The van der Waals surface area contributed by atoms with Crippen LogP contribution in [0.15, 0.2) is 58.7 Å². The molecule has 0 saturated carbocycles. The van der Waals surface area contributed by atoms with Crippen molar-refractivity contribution in [3.63, 3.8) is 0 Å². The van der Waals surface area contributed by atoms with Gasteiger partial charge in [-0.05, 0) is 26.2 Å². The van der Waals surface area contributed by atoms with Crippen LogP contribution in [0.25, 0.3) is 5.76 Å². The summed E-state index contributed by atoms with van der Waals surface area (Å²) < 4.78 is 5.46. The summed E-state index contributed by atoms with van der Waals surface area (Å²) in [5, 5.41) is 10.7. The minimum atomic E-state index is -0.727. The van der Waals surface area contributed by atoms with Gasteiger partial charge in [-0.15, -0.1) is 0 Å². The number of rotatable bonds is 5. The number of carbonyl (C=O) groups is 2. The molecular formula is C19H20N2O4. The fourth-order valence-corrected chi connectivity index (χ4v) is 2.91. The van der Waals surface area contributed by atoms with Gasteiger partial charge in [-0.2, -0.15) is 0 Å². The van der Waals surface area contributed by atoms with E-state index in [0.717, 1.165) is 0 Å². The largest absolute Gasteiger partial charge is 0.507 e. The Morgan fingerprint density at radius 3 is 2.48 bits per heavy atom. The molecule has 1 saturated heterocycles. The minimum Gasteiger partial charge on any atom is -0.507 e. The van der Waals surface area contributed by atoms with Crippen LogP contribution in [0.2, 0.25) is 0 Å². The Hall–Kier alpha value is -2.86. The summed E-state index contributed by atoms with van der Waals surface area (Å²) in [5.41, 5.74) is 0.551. The normalized spacial score (nSPS) is 19.8.